The molecule has 2 heterocycles. The van der Waals surface area contributed by atoms with Gasteiger partial charge >= 0.3 is 5.82 Å². The number of aryl methyl sites for hydroxylation is 1. The van der Waals surface area contributed by atoms with Crippen molar-refractivity contribution in [3.05, 3.63) is 15.9 Å². The average Bonchev–Trinajstić information content (AvgIpc) is 2.66. The Bertz CT molecular complexity index is 457. The van der Waals surface area contributed by atoms with E-state index in [-0.39, 0.29) is 11.9 Å². The summed E-state index contributed by atoms with van der Waals surface area (Å²) in [6.45, 7) is 3.10. The Kier molecular flexibility index (Phi) is 3.51. The minimum atomic E-state index is -0.412. The highest BCUT2D eigenvalue weighted by molar-refractivity contribution is 5.57. The quantitative estimate of drug-likeness (QED) is 0.640. The van der Waals surface area contributed by atoms with Crippen LogP contribution in [0.2, 0.25) is 0 Å². The van der Waals surface area contributed by atoms with Crippen molar-refractivity contribution in [2.45, 2.75) is 32.2 Å². The molecule has 0 saturated carbocycles. The highest BCUT2D eigenvalue weighted by Crippen LogP contribution is 2.32. The summed E-state index contributed by atoms with van der Waals surface area (Å²) >= 11 is 0. The second-order valence-electron chi connectivity index (χ2n) is 4.70. The van der Waals surface area contributed by atoms with Gasteiger partial charge in [-0.3, -0.25) is 4.57 Å². The third-order valence-electron chi connectivity index (χ3n) is 3.62. The van der Waals surface area contributed by atoms with Crippen LogP contribution in [0, 0.1) is 17.0 Å². The molecule has 1 unspecified atom stereocenters. The van der Waals surface area contributed by atoms with Crippen LogP contribution in [0.15, 0.2) is 0 Å². The number of aromatic nitrogens is 2. The van der Waals surface area contributed by atoms with Crippen LogP contribution in [0.25, 0.3) is 0 Å². The number of nitrogens with two attached hydrogens (primary N) is 1. The van der Waals surface area contributed by atoms with E-state index in [2.05, 4.69) is 4.98 Å². The first-order valence-corrected chi connectivity index (χ1v) is 6.20. The van der Waals surface area contributed by atoms with Gasteiger partial charge in [0.05, 0.1) is 0 Å². The molecule has 1 aromatic rings. The second-order valence-corrected chi connectivity index (χ2v) is 4.70. The Labute approximate surface area is 106 Å². The van der Waals surface area contributed by atoms with Crippen LogP contribution in [0.3, 0.4) is 0 Å². The monoisotopic (exact) mass is 253 g/mol. The van der Waals surface area contributed by atoms with E-state index in [0.717, 1.165) is 25.8 Å². The minimum absolute atomic E-state index is 0.0599. The molecule has 2 N–H and O–H groups in total. The van der Waals surface area contributed by atoms with Crippen molar-refractivity contribution in [2.75, 3.05) is 18.0 Å². The lowest BCUT2D eigenvalue weighted by Crippen LogP contribution is -2.45. The lowest BCUT2D eigenvalue weighted by Gasteiger charge is -2.35. The van der Waals surface area contributed by atoms with Crippen LogP contribution >= 0.6 is 0 Å². The molecule has 100 valence electrons. The first-order valence-electron chi connectivity index (χ1n) is 6.20. The minimum Gasteiger partial charge on any atom is -0.358 e. The number of imidazole rings is 1. The standard InChI is InChI=1S/C11H19N5O2/c1-8-13-10(16(17)18)11(14(8)2)15-6-4-3-5-9(15)7-12/h9H,3-7,12H2,1-2H3. The van der Waals surface area contributed by atoms with Crippen LogP contribution in [-0.4, -0.2) is 33.6 Å². The summed E-state index contributed by atoms with van der Waals surface area (Å²) in [5.74, 6) is 1.18. The van der Waals surface area contributed by atoms with E-state index in [4.69, 9.17) is 5.73 Å². The van der Waals surface area contributed by atoms with Gasteiger partial charge in [0.25, 0.3) is 0 Å². The van der Waals surface area contributed by atoms with Gasteiger partial charge in [-0.05, 0) is 29.2 Å². The molecule has 0 spiro atoms. The zero-order valence-corrected chi connectivity index (χ0v) is 10.8. The maximum absolute atomic E-state index is 11.1. The summed E-state index contributed by atoms with van der Waals surface area (Å²) in [6.07, 6.45) is 3.15. The summed E-state index contributed by atoms with van der Waals surface area (Å²) in [4.78, 5) is 16.8. The SMILES string of the molecule is Cc1nc([N+](=O)[O-])c(N2CCCCC2CN)n1C. The number of hydrogen-bond donors (Lipinski definition) is 1. The topological polar surface area (TPSA) is 90.2 Å². The summed E-state index contributed by atoms with van der Waals surface area (Å²) in [5, 5.41) is 11.1. The van der Waals surface area contributed by atoms with Crippen molar-refractivity contribution in [3.63, 3.8) is 0 Å². The normalized spacial score (nSPS) is 20.2. The molecule has 0 aliphatic carbocycles. The van der Waals surface area contributed by atoms with Crippen LogP contribution in [0.5, 0.6) is 0 Å². The fourth-order valence-electron chi connectivity index (χ4n) is 2.55. The van der Waals surface area contributed by atoms with Crippen molar-refractivity contribution >= 4 is 11.6 Å². The molecule has 1 aromatic heterocycles. The molecule has 18 heavy (non-hydrogen) atoms. The maximum atomic E-state index is 11.1. The van der Waals surface area contributed by atoms with Crippen molar-refractivity contribution in [3.8, 4) is 0 Å². The fourth-order valence-corrected chi connectivity index (χ4v) is 2.55. The van der Waals surface area contributed by atoms with Gasteiger partial charge < -0.3 is 20.7 Å². The highest BCUT2D eigenvalue weighted by atomic mass is 16.6. The van der Waals surface area contributed by atoms with Crippen molar-refractivity contribution < 1.29 is 4.92 Å². The molecular weight excluding hydrogens is 234 g/mol. The largest absolute Gasteiger partial charge is 0.406 e. The van der Waals surface area contributed by atoms with Crippen LogP contribution in [0.1, 0.15) is 25.1 Å². The zero-order valence-electron chi connectivity index (χ0n) is 10.8. The zero-order chi connectivity index (χ0) is 13.3. The fraction of sp³-hybridized carbons (Fsp3) is 0.727. The maximum Gasteiger partial charge on any atom is 0.406 e. The number of piperidine rings is 1. The van der Waals surface area contributed by atoms with Crippen LogP contribution < -0.4 is 10.6 Å². The number of hydrogen-bond acceptors (Lipinski definition) is 5. The summed E-state index contributed by atoms with van der Waals surface area (Å²) < 4.78 is 1.78. The Balaban J connectivity index is 2.44. The molecule has 7 heteroatoms. The van der Waals surface area contributed by atoms with Gasteiger partial charge in [-0.25, -0.2) is 0 Å². The molecule has 1 aliphatic heterocycles. The van der Waals surface area contributed by atoms with E-state index >= 15 is 0 Å². The molecule has 0 bridgehead atoms. The van der Waals surface area contributed by atoms with Gasteiger partial charge in [-0.15, -0.1) is 0 Å². The summed E-state index contributed by atoms with van der Waals surface area (Å²) in [5.41, 5.74) is 5.77. The van der Waals surface area contributed by atoms with Crippen molar-refractivity contribution in [2.24, 2.45) is 12.8 Å². The predicted octanol–water partition coefficient (Wildman–Crippen LogP) is 0.954. The molecule has 1 saturated heterocycles. The number of nitrogens with zero attached hydrogens (tertiary/aromatic N) is 4. The summed E-state index contributed by atoms with van der Waals surface area (Å²) in [7, 11) is 1.81. The Morgan fingerprint density at radius 1 is 1.56 bits per heavy atom. The van der Waals surface area contributed by atoms with E-state index in [1.54, 1.807) is 11.5 Å². The molecule has 7 nitrogen and oxygen atoms in total. The Hall–Kier alpha value is -1.63. The number of rotatable bonds is 3. The van der Waals surface area contributed by atoms with E-state index in [1.165, 1.54) is 0 Å². The van der Waals surface area contributed by atoms with Gasteiger partial charge in [0, 0.05) is 33.1 Å². The predicted molar refractivity (Wildman–Crippen MR) is 68.6 cm³/mol. The average molecular weight is 253 g/mol. The molecule has 0 amide bonds. The Morgan fingerprint density at radius 2 is 2.28 bits per heavy atom. The molecule has 1 aliphatic rings. The van der Waals surface area contributed by atoms with E-state index in [0.29, 0.717) is 18.2 Å². The smallest absolute Gasteiger partial charge is 0.358 e. The summed E-state index contributed by atoms with van der Waals surface area (Å²) in [6, 6.07) is 0.173. The first kappa shape index (κ1) is 12.8. The molecule has 1 atom stereocenters. The van der Waals surface area contributed by atoms with Crippen LogP contribution in [0.4, 0.5) is 11.6 Å². The third kappa shape index (κ3) is 2.05. The number of anilines is 1. The van der Waals surface area contributed by atoms with Gasteiger partial charge in [0.15, 0.2) is 0 Å². The van der Waals surface area contributed by atoms with Crippen molar-refractivity contribution in [1.82, 2.24) is 9.55 Å². The van der Waals surface area contributed by atoms with Crippen molar-refractivity contribution in [1.29, 1.82) is 0 Å². The lowest BCUT2D eigenvalue weighted by molar-refractivity contribution is -0.388. The van der Waals surface area contributed by atoms with E-state index in [1.807, 2.05) is 11.9 Å². The van der Waals surface area contributed by atoms with Gasteiger partial charge in [0.1, 0.15) is 0 Å². The van der Waals surface area contributed by atoms with E-state index in [9.17, 15) is 10.1 Å². The Morgan fingerprint density at radius 3 is 2.89 bits per heavy atom. The van der Waals surface area contributed by atoms with Gasteiger partial charge in [0.2, 0.25) is 11.6 Å². The third-order valence-corrected chi connectivity index (χ3v) is 3.62. The van der Waals surface area contributed by atoms with Crippen LogP contribution in [-0.2, 0) is 7.05 Å². The first-order chi connectivity index (χ1) is 8.56. The van der Waals surface area contributed by atoms with Gasteiger partial charge in [-0.2, -0.15) is 0 Å². The highest BCUT2D eigenvalue weighted by Gasteiger charge is 2.32. The molecule has 2 rings (SSSR count). The molecule has 1 fully saturated rings. The molecule has 0 radical (unpaired) electrons. The number of nitro groups is 1. The van der Waals surface area contributed by atoms with Gasteiger partial charge in [-0.1, -0.05) is 0 Å². The molecular formula is C11H19N5O2. The van der Waals surface area contributed by atoms with E-state index < -0.39 is 4.92 Å². The second kappa shape index (κ2) is 4.93. The molecule has 0 aromatic carbocycles. The lowest BCUT2D eigenvalue weighted by atomic mass is 10.0.